The zero-order valence-electron chi connectivity index (χ0n) is 19.3. The van der Waals surface area contributed by atoms with Crippen LogP contribution in [0.3, 0.4) is 0 Å². The molecule has 0 bridgehead atoms. The summed E-state index contributed by atoms with van der Waals surface area (Å²) >= 11 is 0. The first kappa shape index (κ1) is 23.1. The molecule has 0 N–H and O–H groups in total. The van der Waals surface area contributed by atoms with Gasteiger partial charge in [0.1, 0.15) is 5.70 Å². The Morgan fingerprint density at radius 1 is 0.714 bits per heavy atom. The Kier molecular flexibility index (Phi) is 6.26. The summed E-state index contributed by atoms with van der Waals surface area (Å²) in [5, 5.41) is 0. The molecule has 6 nitrogen and oxygen atoms in total. The highest BCUT2D eigenvalue weighted by molar-refractivity contribution is 7.89. The standard InChI is InChI=1S/C28H26N2O4S/c31-24(21-12-4-1-5-13-21)20-30-27(28(32)22-14-6-2-7-15-22)26(29-18-10-3-11-19-29)23-16-8-9-17-25(23)35(30,33)34/h1-2,4-9,12-17H,3,10-11,18-20H2. The molecule has 0 spiro atoms. The maximum atomic E-state index is 14.0. The summed E-state index contributed by atoms with van der Waals surface area (Å²) in [6.45, 7) is 0.984. The van der Waals surface area contributed by atoms with Gasteiger partial charge in [-0.15, -0.1) is 0 Å². The van der Waals surface area contributed by atoms with Gasteiger partial charge in [-0.2, -0.15) is 0 Å². The Balaban J connectivity index is 1.74. The number of rotatable bonds is 6. The average Bonchev–Trinajstić information content (AvgIpc) is 2.91. The van der Waals surface area contributed by atoms with E-state index in [1.54, 1.807) is 84.9 Å². The molecule has 0 aromatic heterocycles. The van der Waals surface area contributed by atoms with E-state index in [1.165, 1.54) is 0 Å². The van der Waals surface area contributed by atoms with Crippen LogP contribution in [0.25, 0.3) is 5.70 Å². The lowest BCUT2D eigenvalue weighted by atomic mass is 9.99. The van der Waals surface area contributed by atoms with Crippen LogP contribution < -0.4 is 0 Å². The molecule has 0 amide bonds. The summed E-state index contributed by atoms with van der Waals surface area (Å²) in [6.07, 6.45) is 2.99. The predicted octanol–water partition coefficient (Wildman–Crippen LogP) is 4.61. The monoisotopic (exact) mass is 486 g/mol. The largest absolute Gasteiger partial charge is 0.369 e. The van der Waals surface area contributed by atoms with Crippen LogP contribution in [-0.2, 0) is 10.0 Å². The van der Waals surface area contributed by atoms with Gasteiger partial charge in [0.25, 0.3) is 10.0 Å². The molecule has 3 aromatic rings. The van der Waals surface area contributed by atoms with Crippen LogP contribution in [0.2, 0.25) is 0 Å². The lowest BCUT2D eigenvalue weighted by Crippen LogP contribution is -2.44. The predicted molar refractivity (Wildman–Crippen MR) is 134 cm³/mol. The van der Waals surface area contributed by atoms with Crippen molar-refractivity contribution in [1.82, 2.24) is 9.21 Å². The molecule has 1 saturated heterocycles. The number of carbonyl (C=O) groups excluding carboxylic acids is 2. The average molecular weight is 487 g/mol. The normalized spacial score (nSPS) is 17.1. The van der Waals surface area contributed by atoms with Gasteiger partial charge in [0.15, 0.2) is 5.78 Å². The molecule has 178 valence electrons. The van der Waals surface area contributed by atoms with E-state index in [2.05, 4.69) is 4.90 Å². The fourth-order valence-corrected chi connectivity index (χ4v) is 6.39. The first-order valence-electron chi connectivity index (χ1n) is 11.8. The maximum Gasteiger partial charge on any atom is 0.265 e. The van der Waals surface area contributed by atoms with Crippen molar-refractivity contribution < 1.29 is 18.0 Å². The van der Waals surface area contributed by atoms with Crippen molar-refractivity contribution in [1.29, 1.82) is 0 Å². The first-order chi connectivity index (χ1) is 17.0. The molecule has 0 atom stereocenters. The second-order valence-electron chi connectivity index (χ2n) is 8.74. The van der Waals surface area contributed by atoms with E-state index in [9.17, 15) is 18.0 Å². The molecule has 7 heteroatoms. The molecule has 0 saturated carbocycles. The second-order valence-corrected chi connectivity index (χ2v) is 10.6. The Bertz CT molecular complexity index is 1390. The number of fused-ring (bicyclic) bond motifs is 1. The lowest BCUT2D eigenvalue weighted by Gasteiger charge is -2.39. The number of Topliss-reactive ketones (excluding diaryl/α,β-unsaturated/α-hetero) is 2. The summed E-state index contributed by atoms with van der Waals surface area (Å²) in [6, 6.07) is 24.0. The van der Waals surface area contributed by atoms with Crippen LogP contribution in [0, 0.1) is 0 Å². The quantitative estimate of drug-likeness (QED) is 0.476. The van der Waals surface area contributed by atoms with Crippen LogP contribution in [0.5, 0.6) is 0 Å². The number of allylic oxidation sites excluding steroid dienone is 1. The molecule has 0 radical (unpaired) electrons. The Hall–Kier alpha value is -3.71. The lowest BCUT2D eigenvalue weighted by molar-refractivity contribution is 0.0956. The topological polar surface area (TPSA) is 74.8 Å². The minimum Gasteiger partial charge on any atom is -0.369 e. The SMILES string of the molecule is O=C(CN1C(C(=O)c2ccccc2)=C(N2CCCCC2)c2ccccc2S1(=O)=O)c1ccccc1. The number of benzene rings is 3. The van der Waals surface area contributed by atoms with Crippen molar-refractivity contribution in [2.24, 2.45) is 0 Å². The van der Waals surface area contributed by atoms with Gasteiger partial charge in [0, 0.05) is 29.8 Å². The molecule has 3 aromatic carbocycles. The zero-order chi connectivity index (χ0) is 24.4. The molecular weight excluding hydrogens is 460 g/mol. The second kappa shape index (κ2) is 9.50. The highest BCUT2D eigenvalue weighted by Gasteiger charge is 2.42. The number of nitrogens with zero attached hydrogens (tertiary/aromatic N) is 2. The molecule has 0 aliphatic carbocycles. The number of hydrogen-bond acceptors (Lipinski definition) is 5. The van der Waals surface area contributed by atoms with E-state index >= 15 is 0 Å². The van der Waals surface area contributed by atoms with Gasteiger partial charge in [0.05, 0.1) is 17.1 Å². The van der Waals surface area contributed by atoms with Gasteiger partial charge in [-0.1, -0.05) is 78.9 Å². The fourth-order valence-electron chi connectivity index (χ4n) is 4.77. The highest BCUT2D eigenvalue weighted by Crippen LogP contribution is 2.40. The summed E-state index contributed by atoms with van der Waals surface area (Å²) < 4.78 is 28.9. The summed E-state index contributed by atoms with van der Waals surface area (Å²) in [4.78, 5) is 29.4. The number of likely N-dealkylation sites (tertiary alicyclic amines) is 1. The molecule has 2 heterocycles. The first-order valence-corrected chi connectivity index (χ1v) is 13.2. The maximum absolute atomic E-state index is 14.0. The number of piperidine rings is 1. The third kappa shape index (κ3) is 4.28. The molecule has 1 fully saturated rings. The van der Waals surface area contributed by atoms with Crippen molar-refractivity contribution in [2.75, 3.05) is 19.6 Å². The molecule has 2 aliphatic heterocycles. The van der Waals surface area contributed by atoms with Crippen molar-refractivity contribution in [3.63, 3.8) is 0 Å². The van der Waals surface area contributed by atoms with Gasteiger partial charge >= 0.3 is 0 Å². The molecule has 0 unspecified atom stereocenters. The minimum atomic E-state index is -4.15. The number of carbonyl (C=O) groups is 2. The highest BCUT2D eigenvalue weighted by atomic mass is 32.2. The third-order valence-electron chi connectivity index (χ3n) is 6.49. The van der Waals surface area contributed by atoms with Crippen LogP contribution in [0.4, 0.5) is 0 Å². The molecule has 5 rings (SSSR count). The van der Waals surface area contributed by atoms with E-state index < -0.39 is 22.4 Å². The summed E-state index contributed by atoms with van der Waals surface area (Å²) in [7, 11) is -4.15. The Labute approximate surface area is 205 Å². The van der Waals surface area contributed by atoms with Crippen molar-refractivity contribution in [3.8, 4) is 0 Å². The summed E-state index contributed by atoms with van der Waals surface area (Å²) in [5.41, 5.74) is 1.92. The van der Waals surface area contributed by atoms with Gasteiger partial charge < -0.3 is 4.90 Å². The molecule has 2 aliphatic rings. The molecular formula is C28H26N2O4S. The number of hydrogen-bond donors (Lipinski definition) is 0. The van der Waals surface area contributed by atoms with Crippen LogP contribution in [0.1, 0.15) is 45.5 Å². The number of sulfonamides is 1. The minimum absolute atomic E-state index is 0.0427. The van der Waals surface area contributed by atoms with Crippen molar-refractivity contribution >= 4 is 27.3 Å². The van der Waals surface area contributed by atoms with E-state index in [0.29, 0.717) is 22.4 Å². The smallest absolute Gasteiger partial charge is 0.265 e. The van der Waals surface area contributed by atoms with Crippen LogP contribution in [-0.4, -0.2) is 48.8 Å². The van der Waals surface area contributed by atoms with E-state index in [-0.39, 0.29) is 16.4 Å². The van der Waals surface area contributed by atoms with Crippen LogP contribution in [0.15, 0.2) is 95.5 Å². The Morgan fingerprint density at radius 3 is 1.94 bits per heavy atom. The van der Waals surface area contributed by atoms with Crippen molar-refractivity contribution in [3.05, 3.63) is 107 Å². The summed E-state index contributed by atoms with van der Waals surface area (Å²) in [5.74, 6) is -0.782. The van der Waals surface area contributed by atoms with E-state index in [4.69, 9.17) is 0 Å². The number of ketones is 2. The van der Waals surface area contributed by atoms with Gasteiger partial charge in [0.2, 0.25) is 5.78 Å². The third-order valence-corrected chi connectivity index (χ3v) is 8.29. The Morgan fingerprint density at radius 2 is 1.29 bits per heavy atom. The van der Waals surface area contributed by atoms with Crippen molar-refractivity contribution in [2.45, 2.75) is 24.2 Å². The van der Waals surface area contributed by atoms with Gasteiger partial charge in [-0.05, 0) is 25.3 Å². The van der Waals surface area contributed by atoms with Gasteiger partial charge in [-0.3, -0.25) is 13.9 Å². The van der Waals surface area contributed by atoms with E-state index in [0.717, 1.165) is 36.7 Å². The van der Waals surface area contributed by atoms with Gasteiger partial charge in [-0.25, -0.2) is 8.42 Å². The van der Waals surface area contributed by atoms with E-state index in [1.807, 2.05) is 0 Å². The van der Waals surface area contributed by atoms with Crippen LogP contribution >= 0.6 is 0 Å². The fraction of sp³-hybridized carbons (Fsp3) is 0.214. The zero-order valence-corrected chi connectivity index (χ0v) is 20.1. The molecule has 35 heavy (non-hydrogen) atoms.